The Morgan fingerprint density at radius 1 is 1.29 bits per heavy atom. The van der Waals surface area contributed by atoms with Gasteiger partial charge in [0.15, 0.2) is 0 Å². The monoisotopic (exact) mass is 310 g/mol. The van der Waals surface area contributed by atoms with Gasteiger partial charge in [0.2, 0.25) is 0 Å². The van der Waals surface area contributed by atoms with Gasteiger partial charge in [0.25, 0.3) is 0 Å². The number of benzene rings is 1. The highest BCUT2D eigenvalue weighted by molar-refractivity contribution is 9.10. The third-order valence-corrected chi connectivity index (χ3v) is 3.34. The van der Waals surface area contributed by atoms with Gasteiger partial charge in [0, 0.05) is 10.0 Å². The van der Waals surface area contributed by atoms with Crippen molar-refractivity contribution in [2.24, 2.45) is 0 Å². The number of rotatable bonds is 2. The summed E-state index contributed by atoms with van der Waals surface area (Å²) in [5, 5.41) is 10.1. The lowest BCUT2D eigenvalue weighted by Crippen LogP contribution is -2.34. The van der Waals surface area contributed by atoms with Crippen LogP contribution in [0.3, 0.4) is 0 Å². The first-order valence-corrected chi connectivity index (χ1v) is 5.88. The number of halogens is 4. The Kier molecular flexibility index (Phi) is 3.12. The van der Waals surface area contributed by atoms with Crippen molar-refractivity contribution in [1.29, 1.82) is 0 Å². The van der Waals surface area contributed by atoms with Crippen molar-refractivity contribution in [2.75, 3.05) is 0 Å². The van der Waals surface area contributed by atoms with Crippen molar-refractivity contribution < 1.29 is 23.0 Å². The van der Waals surface area contributed by atoms with E-state index in [2.05, 4.69) is 20.7 Å². The quantitative estimate of drug-likeness (QED) is 0.902. The molecule has 1 saturated carbocycles. The van der Waals surface area contributed by atoms with E-state index in [0.717, 1.165) is 6.42 Å². The molecule has 1 aromatic rings. The molecule has 0 unspecified atom stereocenters. The summed E-state index contributed by atoms with van der Waals surface area (Å²) in [6, 6.07) is 4.13. The van der Waals surface area contributed by atoms with E-state index in [0.29, 0.717) is 17.3 Å². The lowest BCUT2D eigenvalue weighted by Gasteiger charge is -2.38. The second-order valence-electron chi connectivity index (χ2n) is 4.07. The molecule has 2 nitrogen and oxygen atoms in total. The molecule has 17 heavy (non-hydrogen) atoms. The predicted octanol–water partition coefficient (Wildman–Crippen LogP) is 3.72. The Labute approximate surface area is 105 Å². The number of ether oxygens (including phenoxy) is 1. The highest BCUT2D eigenvalue weighted by Crippen LogP contribution is 2.46. The minimum atomic E-state index is -4.75. The summed E-state index contributed by atoms with van der Waals surface area (Å²) in [5.41, 5.74) is -1.000. The van der Waals surface area contributed by atoms with Crippen LogP contribution in [0.25, 0.3) is 0 Å². The molecule has 1 aromatic carbocycles. The molecule has 6 heteroatoms. The maximum Gasteiger partial charge on any atom is 0.573 e. The van der Waals surface area contributed by atoms with Gasteiger partial charge in [-0.1, -0.05) is 15.9 Å². The van der Waals surface area contributed by atoms with Crippen molar-refractivity contribution in [3.8, 4) is 5.75 Å². The van der Waals surface area contributed by atoms with Crippen LogP contribution in [-0.4, -0.2) is 11.5 Å². The van der Waals surface area contributed by atoms with Crippen LogP contribution in [0.4, 0.5) is 13.2 Å². The molecule has 0 aromatic heterocycles. The average molecular weight is 311 g/mol. The highest BCUT2D eigenvalue weighted by atomic mass is 79.9. The average Bonchev–Trinajstić information content (AvgIpc) is 2.15. The number of hydrogen-bond donors (Lipinski definition) is 1. The van der Waals surface area contributed by atoms with E-state index >= 15 is 0 Å². The van der Waals surface area contributed by atoms with Crippen molar-refractivity contribution in [3.63, 3.8) is 0 Å². The maximum absolute atomic E-state index is 12.2. The largest absolute Gasteiger partial charge is 0.573 e. The summed E-state index contributed by atoms with van der Waals surface area (Å²) in [6.45, 7) is 0. The Morgan fingerprint density at radius 3 is 2.41 bits per heavy atom. The predicted molar refractivity (Wildman–Crippen MR) is 58.6 cm³/mol. The van der Waals surface area contributed by atoms with E-state index in [4.69, 9.17) is 0 Å². The van der Waals surface area contributed by atoms with Gasteiger partial charge in [-0.25, -0.2) is 0 Å². The molecule has 0 spiro atoms. The summed E-state index contributed by atoms with van der Waals surface area (Å²) < 4.78 is 41.2. The summed E-state index contributed by atoms with van der Waals surface area (Å²) in [5.74, 6) is -0.331. The molecule has 0 saturated heterocycles. The Bertz CT molecular complexity index is 427. The Morgan fingerprint density at radius 2 is 1.94 bits per heavy atom. The maximum atomic E-state index is 12.2. The lowest BCUT2D eigenvalue weighted by atomic mass is 9.75. The van der Waals surface area contributed by atoms with Crippen LogP contribution < -0.4 is 4.74 Å². The molecule has 0 atom stereocenters. The molecule has 1 fully saturated rings. The smallest absolute Gasteiger partial charge is 0.405 e. The first-order chi connectivity index (χ1) is 7.80. The fourth-order valence-corrected chi connectivity index (χ4v) is 2.22. The molecule has 1 aliphatic carbocycles. The topological polar surface area (TPSA) is 29.5 Å². The third kappa shape index (κ3) is 2.74. The Hall–Kier alpha value is -0.750. The second-order valence-corrected chi connectivity index (χ2v) is 4.99. The van der Waals surface area contributed by atoms with Gasteiger partial charge >= 0.3 is 6.36 Å². The SMILES string of the molecule is OC1(c2cc(Br)ccc2OC(F)(F)F)CCC1. The van der Waals surface area contributed by atoms with Gasteiger partial charge in [0.05, 0.1) is 5.60 Å². The number of alkyl halides is 3. The van der Waals surface area contributed by atoms with E-state index in [1.54, 1.807) is 0 Å². The molecule has 2 rings (SSSR count). The molecule has 0 aliphatic heterocycles. The van der Waals surface area contributed by atoms with Crippen molar-refractivity contribution in [2.45, 2.75) is 31.2 Å². The van der Waals surface area contributed by atoms with E-state index in [1.165, 1.54) is 18.2 Å². The highest BCUT2D eigenvalue weighted by Gasteiger charge is 2.41. The van der Waals surface area contributed by atoms with E-state index in [9.17, 15) is 18.3 Å². The van der Waals surface area contributed by atoms with Gasteiger partial charge in [-0.15, -0.1) is 13.2 Å². The van der Waals surface area contributed by atoms with Crippen molar-refractivity contribution in [1.82, 2.24) is 0 Å². The van der Waals surface area contributed by atoms with Crippen LogP contribution in [0.2, 0.25) is 0 Å². The number of hydrogen-bond acceptors (Lipinski definition) is 2. The van der Waals surface area contributed by atoms with Crippen molar-refractivity contribution >= 4 is 15.9 Å². The fourth-order valence-electron chi connectivity index (χ4n) is 1.86. The summed E-state index contributed by atoms with van der Waals surface area (Å²) in [6.07, 6.45) is -3.04. The number of aliphatic hydroxyl groups is 1. The summed E-state index contributed by atoms with van der Waals surface area (Å²) in [4.78, 5) is 0. The van der Waals surface area contributed by atoms with E-state index in [1.807, 2.05) is 0 Å². The zero-order valence-electron chi connectivity index (χ0n) is 8.72. The van der Waals surface area contributed by atoms with Gasteiger partial charge in [-0.05, 0) is 37.5 Å². The summed E-state index contributed by atoms with van der Waals surface area (Å²) in [7, 11) is 0. The van der Waals surface area contributed by atoms with Gasteiger partial charge in [-0.2, -0.15) is 0 Å². The van der Waals surface area contributed by atoms with Gasteiger partial charge < -0.3 is 9.84 Å². The molecule has 0 amide bonds. The zero-order valence-corrected chi connectivity index (χ0v) is 10.3. The third-order valence-electron chi connectivity index (χ3n) is 2.85. The first-order valence-electron chi connectivity index (χ1n) is 5.08. The van der Waals surface area contributed by atoms with Crippen LogP contribution >= 0.6 is 15.9 Å². The van der Waals surface area contributed by atoms with Gasteiger partial charge in [0.1, 0.15) is 5.75 Å². The Balaban J connectivity index is 2.38. The minimum absolute atomic E-state index is 0.190. The fraction of sp³-hybridized carbons (Fsp3) is 0.455. The van der Waals surface area contributed by atoms with Crippen LogP contribution in [0, 0.1) is 0 Å². The molecule has 0 bridgehead atoms. The van der Waals surface area contributed by atoms with Crippen molar-refractivity contribution in [3.05, 3.63) is 28.2 Å². The molecule has 0 heterocycles. The first kappa shape index (κ1) is 12.7. The molecular formula is C11H10BrF3O2. The summed E-state index contributed by atoms with van der Waals surface area (Å²) >= 11 is 3.17. The van der Waals surface area contributed by atoms with Crippen LogP contribution in [0.5, 0.6) is 5.75 Å². The molecule has 0 radical (unpaired) electrons. The minimum Gasteiger partial charge on any atom is -0.405 e. The molecule has 1 N–H and O–H groups in total. The zero-order chi connectivity index (χ0) is 12.7. The van der Waals surface area contributed by atoms with Gasteiger partial charge in [-0.3, -0.25) is 0 Å². The lowest BCUT2D eigenvalue weighted by molar-refractivity contribution is -0.275. The van der Waals surface area contributed by atoms with Crippen LogP contribution in [-0.2, 0) is 5.60 Å². The van der Waals surface area contributed by atoms with Crippen LogP contribution in [0.15, 0.2) is 22.7 Å². The van der Waals surface area contributed by atoms with E-state index in [-0.39, 0.29) is 11.3 Å². The standard InChI is InChI=1S/C11H10BrF3O2/c12-7-2-3-9(17-11(13,14)15)8(6-7)10(16)4-1-5-10/h2-3,6,16H,1,4-5H2. The molecular weight excluding hydrogens is 301 g/mol. The van der Waals surface area contributed by atoms with Crippen LogP contribution in [0.1, 0.15) is 24.8 Å². The van der Waals surface area contributed by atoms with E-state index < -0.39 is 12.0 Å². The second kappa shape index (κ2) is 4.17. The molecule has 94 valence electrons. The normalized spacial score (nSPS) is 18.6. The molecule has 1 aliphatic rings.